The van der Waals surface area contributed by atoms with Crippen LogP contribution in [0.1, 0.15) is 35.3 Å². The molecule has 0 unspecified atom stereocenters. The third-order valence-electron chi connectivity index (χ3n) is 5.99. The normalized spacial score (nSPS) is 16.2. The van der Waals surface area contributed by atoms with Crippen LogP contribution in [0.5, 0.6) is 0 Å². The molecule has 1 aromatic heterocycles. The minimum Gasteiger partial charge on any atom is -0.378 e. The Morgan fingerprint density at radius 2 is 2.06 bits per heavy atom. The molecule has 2 aromatic rings. The highest BCUT2D eigenvalue weighted by Gasteiger charge is 2.31. The number of benzene rings is 1. The number of hydrogen-bond donors (Lipinski definition) is 2. The Morgan fingerprint density at radius 3 is 2.78 bits per heavy atom. The van der Waals surface area contributed by atoms with Crippen molar-refractivity contribution in [2.45, 2.75) is 33.0 Å². The first-order chi connectivity index (χ1) is 15.5. The molecule has 0 bridgehead atoms. The summed E-state index contributed by atoms with van der Waals surface area (Å²) in [4.78, 5) is 22.6. The average Bonchev–Trinajstić information content (AvgIpc) is 3.23. The molecule has 4 rings (SSSR count). The highest BCUT2D eigenvalue weighted by atomic mass is 16.5. The quantitative estimate of drug-likeness (QED) is 0.682. The van der Waals surface area contributed by atoms with Gasteiger partial charge in [0.1, 0.15) is 5.82 Å². The summed E-state index contributed by atoms with van der Waals surface area (Å²) in [6, 6.07) is 10.6. The largest absolute Gasteiger partial charge is 0.378 e. The number of likely N-dealkylation sites (N-methyl/N-ethyl adjacent to an activating group) is 1. The van der Waals surface area contributed by atoms with E-state index in [2.05, 4.69) is 60.5 Å². The van der Waals surface area contributed by atoms with E-state index in [9.17, 15) is 4.79 Å². The molecule has 32 heavy (non-hydrogen) atoms. The minimum atomic E-state index is 0.0550. The first-order valence-electron chi connectivity index (χ1n) is 11.4. The summed E-state index contributed by atoms with van der Waals surface area (Å²) < 4.78 is 5.44. The van der Waals surface area contributed by atoms with Gasteiger partial charge in [0.05, 0.1) is 18.9 Å². The summed E-state index contributed by atoms with van der Waals surface area (Å²) in [5, 5.41) is 2.06. The molecule has 0 spiro atoms. The first-order valence-corrected chi connectivity index (χ1v) is 11.4. The maximum absolute atomic E-state index is 13.5. The molecule has 0 aliphatic carbocycles. The number of carbonyl (C=O) groups is 1. The van der Waals surface area contributed by atoms with Crippen LogP contribution >= 0.6 is 0 Å². The van der Waals surface area contributed by atoms with E-state index in [0.717, 1.165) is 41.3 Å². The second-order valence-electron chi connectivity index (χ2n) is 8.79. The zero-order chi connectivity index (χ0) is 22.7. The molecule has 2 aliphatic heterocycles. The Balaban J connectivity index is 1.73. The second kappa shape index (κ2) is 9.95. The molecule has 172 valence electrons. The summed E-state index contributed by atoms with van der Waals surface area (Å²) in [7, 11) is 2.07. The van der Waals surface area contributed by atoms with Gasteiger partial charge in [-0.3, -0.25) is 9.80 Å². The Hall–Kier alpha value is -2.52. The van der Waals surface area contributed by atoms with Crippen molar-refractivity contribution in [3.8, 4) is 11.3 Å². The number of nitrogens with one attached hydrogen (secondary N) is 1. The van der Waals surface area contributed by atoms with Crippen LogP contribution in [0.15, 0.2) is 30.3 Å². The van der Waals surface area contributed by atoms with Gasteiger partial charge in [0.15, 0.2) is 0 Å². The maximum Gasteiger partial charge on any atom is 0.254 e. The van der Waals surface area contributed by atoms with E-state index in [1.54, 1.807) is 0 Å². The third-order valence-corrected chi connectivity index (χ3v) is 5.99. The average molecular weight is 439 g/mol. The molecular formula is C24H34N6O2. The lowest BCUT2D eigenvalue weighted by molar-refractivity contribution is 0.0302. The molecular weight excluding hydrogens is 404 g/mol. The molecule has 8 nitrogen and oxygen atoms in total. The predicted octanol–water partition coefficient (Wildman–Crippen LogP) is 1.84. The molecule has 0 radical (unpaired) electrons. The lowest BCUT2D eigenvalue weighted by atomic mass is 10.0. The lowest BCUT2D eigenvalue weighted by Gasteiger charge is -2.28. The summed E-state index contributed by atoms with van der Waals surface area (Å²) in [6.45, 7) is 9.54. The maximum atomic E-state index is 13.5. The number of amides is 1. The Labute approximate surface area is 190 Å². The van der Waals surface area contributed by atoms with Gasteiger partial charge in [-0.15, -0.1) is 0 Å². The zero-order valence-corrected chi connectivity index (χ0v) is 19.3. The van der Waals surface area contributed by atoms with E-state index in [0.29, 0.717) is 39.4 Å². The van der Waals surface area contributed by atoms with E-state index in [1.165, 1.54) is 5.56 Å². The number of nitrogens with zero attached hydrogens (tertiary/aromatic N) is 4. The van der Waals surface area contributed by atoms with Gasteiger partial charge < -0.3 is 20.3 Å². The first kappa shape index (κ1) is 22.7. The number of hydrazine groups is 1. The van der Waals surface area contributed by atoms with Gasteiger partial charge in [-0.2, -0.15) is 0 Å². The van der Waals surface area contributed by atoms with Crippen LogP contribution in [0.3, 0.4) is 0 Å². The van der Waals surface area contributed by atoms with Crippen LogP contribution in [0, 0.1) is 0 Å². The molecule has 3 heterocycles. The van der Waals surface area contributed by atoms with Gasteiger partial charge in [-0.1, -0.05) is 18.2 Å². The monoisotopic (exact) mass is 438 g/mol. The van der Waals surface area contributed by atoms with Crippen molar-refractivity contribution in [1.82, 2.24) is 20.2 Å². The molecule has 0 atom stereocenters. The van der Waals surface area contributed by atoms with Crippen LogP contribution in [-0.4, -0.2) is 73.2 Å². The number of nitrogens with two attached hydrogens (primary N) is 1. The fourth-order valence-electron chi connectivity index (χ4n) is 4.31. The number of hydrogen-bond acceptors (Lipinski definition) is 7. The standard InChI is InChI=1S/C24H34N6O2/c1-17(2)30-23-21(15-26-30)20(24(31)29-9-11-32-12-10-29)14-22(27-23)19-6-4-5-18(13-19)16-28(3)8-7-25/h4-6,13-14,17,26H,7-12,15-16,25H2,1-3H3. The van der Waals surface area contributed by atoms with E-state index in [4.69, 9.17) is 15.5 Å². The topological polar surface area (TPSA) is 87.0 Å². The summed E-state index contributed by atoms with van der Waals surface area (Å²) >= 11 is 0. The van der Waals surface area contributed by atoms with Crippen molar-refractivity contribution in [3.63, 3.8) is 0 Å². The summed E-state index contributed by atoms with van der Waals surface area (Å²) in [5.74, 6) is 0.902. The highest BCUT2D eigenvalue weighted by molar-refractivity contribution is 5.98. The van der Waals surface area contributed by atoms with Gasteiger partial charge in [0.2, 0.25) is 0 Å². The molecule has 1 fully saturated rings. The number of anilines is 1. The molecule has 1 amide bonds. The van der Waals surface area contributed by atoms with Crippen LogP contribution in [0.25, 0.3) is 11.3 Å². The Kier molecular flexibility index (Phi) is 7.05. The molecule has 1 aromatic carbocycles. The van der Waals surface area contributed by atoms with Gasteiger partial charge in [0, 0.05) is 62.0 Å². The minimum absolute atomic E-state index is 0.0550. The molecule has 1 saturated heterocycles. The highest BCUT2D eigenvalue weighted by Crippen LogP contribution is 2.33. The molecule has 3 N–H and O–H groups in total. The van der Waals surface area contributed by atoms with Crippen LogP contribution in [-0.2, 0) is 17.8 Å². The van der Waals surface area contributed by atoms with Crippen LogP contribution in [0.4, 0.5) is 5.82 Å². The fourth-order valence-corrected chi connectivity index (χ4v) is 4.31. The van der Waals surface area contributed by atoms with Crippen molar-refractivity contribution < 1.29 is 9.53 Å². The van der Waals surface area contributed by atoms with E-state index >= 15 is 0 Å². The SMILES string of the molecule is CC(C)N1NCc2c(C(=O)N3CCOCC3)cc(-c3cccc(CN(C)CCN)c3)nc21. The van der Waals surface area contributed by atoms with Crippen molar-refractivity contribution in [2.75, 3.05) is 51.4 Å². The number of ether oxygens (including phenoxy) is 1. The van der Waals surface area contributed by atoms with Crippen molar-refractivity contribution in [3.05, 3.63) is 47.0 Å². The smallest absolute Gasteiger partial charge is 0.254 e. The van der Waals surface area contributed by atoms with Crippen molar-refractivity contribution in [1.29, 1.82) is 0 Å². The fraction of sp³-hybridized carbons (Fsp3) is 0.500. The van der Waals surface area contributed by atoms with Gasteiger partial charge in [0.25, 0.3) is 5.91 Å². The Bertz CT molecular complexity index is 958. The predicted molar refractivity (Wildman–Crippen MR) is 126 cm³/mol. The van der Waals surface area contributed by atoms with E-state index < -0.39 is 0 Å². The van der Waals surface area contributed by atoms with Crippen molar-refractivity contribution >= 4 is 11.7 Å². The van der Waals surface area contributed by atoms with Crippen LogP contribution < -0.4 is 16.2 Å². The number of fused-ring (bicyclic) bond motifs is 1. The van der Waals surface area contributed by atoms with E-state index in [-0.39, 0.29) is 11.9 Å². The molecule has 0 saturated carbocycles. The van der Waals surface area contributed by atoms with Crippen LogP contribution in [0.2, 0.25) is 0 Å². The summed E-state index contributed by atoms with van der Waals surface area (Å²) in [6.07, 6.45) is 0. The Morgan fingerprint density at radius 1 is 1.28 bits per heavy atom. The van der Waals surface area contributed by atoms with E-state index in [1.807, 2.05) is 11.0 Å². The lowest BCUT2D eigenvalue weighted by Crippen LogP contribution is -2.41. The third kappa shape index (κ3) is 4.78. The van der Waals surface area contributed by atoms with Gasteiger partial charge >= 0.3 is 0 Å². The number of aromatic nitrogens is 1. The van der Waals surface area contributed by atoms with Gasteiger partial charge in [-0.05, 0) is 38.6 Å². The molecule has 2 aliphatic rings. The van der Waals surface area contributed by atoms with Gasteiger partial charge in [-0.25, -0.2) is 10.4 Å². The summed E-state index contributed by atoms with van der Waals surface area (Å²) in [5.41, 5.74) is 13.8. The van der Waals surface area contributed by atoms with Crippen molar-refractivity contribution in [2.24, 2.45) is 5.73 Å². The second-order valence-corrected chi connectivity index (χ2v) is 8.79. The molecule has 8 heteroatoms. The zero-order valence-electron chi connectivity index (χ0n) is 19.3. The number of rotatable bonds is 7. The number of morpholine rings is 1. The number of carbonyl (C=O) groups excluding carboxylic acids is 1. The number of pyridine rings is 1.